The predicted molar refractivity (Wildman–Crippen MR) is 70.5 cm³/mol. The molecule has 1 aromatic rings. The Kier molecular flexibility index (Phi) is 6.46. The van der Waals surface area contributed by atoms with Crippen LogP contribution in [0.2, 0.25) is 0 Å². The van der Waals surface area contributed by atoms with Crippen molar-refractivity contribution in [2.45, 2.75) is 6.42 Å². The molecule has 1 aromatic heterocycles. The number of aromatic nitrogens is 1. The van der Waals surface area contributed by atoms with Gasteiger partial charge in [-0.3, -0.25) is 4.79 Å². The molecule has 1 heterocycles. The fourth-order valence-corrected chi connectivity index (χ4v) is 2.53. The molecule has 0 radical (unpaired) electrons. The van der Waals surface area contributed by atoms with Crippen molar-refractivity contribution < 1.29 is 14.3 Å². The van der Waals surface area contributed by atoms with Gasteiger partial charge in [0.1, 0.15) is 4.60 Å². The van der Waals surface area contributed by atoms with Crippen molar-refractivity contribution in [3.63, 3.8) is 0 Å². The van der Waals surface area contributed by atoms with E-state index in [9.17, 15) is 4.79 Å². The standard InChI is InChI=1S/C10H15BrN2O3S/c1-15-6-5-13(4-3-9(14)16-2)10-12-8(11)7-17-10/h7H,3-6H2,1-2H3. The second-order valence-electron chi connectivity index (χ2n) is 3.26. The molecular formula is C10H15BrN2O3S. The average Bonchev–Trinajstić information content (AvgIpc) is 2.75. The molecule has 5 nitrogen and oxygen atoms in total. The van der Waals surface area contributed by atoms with E-state index in [0.717, 1.165) is 9.73 Å². The maximum absolute atomic E-state index is 11.1. The van der Waals surface area contributed by atoms with Crippen LogP contribution in [-0.2, 0) is 14.3 Å². The minimum atomic E-state index is -0.219. The van der Waals surface area contributed by atoms with E-state index in [-0.39, 0.29) is 5.97 Å². The van der Waals surface area contributed by atoms with Gasteiger partial charge in [-0.2, -0.15) is 0 Å². The first-order valence-electron chi connectivity index (χ1n) is 5.09. The molecule has 7 heteroatoms. The van der Waals surface area contributed by atoms with E-state index in [0.29, 0.717) is 26.1 Å². The zero-order valence-electron chi connectivity index (χ0n) is 9.81. The molecule has 1 rings (SSSR count). The van der Waals surface area contributed by atoms with Gasteiger partial charge in [0.2, 0.25) is 0 Å². The Labute approximate surface area is 113 Å². The molecule has 0 saturated heterocycles. The maximum atomic E-state index is 11.1. The topological polar surface area (TPSA) is 51.7 Å². The third-order valence-corrected chi connectivity index (χ3v) is 3.72. The van der Waals surface area contributed by atoms with E-state index in [2.05, 4.69) is 25.7 Å². The van der Waals surface area contributed by atoms with Crippen molar-refractivity contribution >= 4 is 38.4 Å². The Balaban J connectivity index is 2.57. The fraction of sp³-hybridized carbons (Fsp3) is 0.600. The highest BCUT2D eigenvalue weighted by Crippen LogP contribution is 2.23. The molecule has 0 aliphatic rings. The van der Waals surface area contributed by atoms with Crippen molar-refractivity contribution in [3.8, 4) is 0 Å². The molecular weight excluding hydrogens is 308 g/mol. The lowest BCUT2D eigenvalue weighted by atomic mass is 10.4. The van der Waals surface area contributed by atoms with Crippen LogP contribution in [0.1, 0.15) is 6.42 Å². The summed E-state index contributed by atoms with van der Waals surface area (Å²) in [6.45, 7) is 1.88. The first kappa shape index (κ1) is 14.4. The largest absolute Gasteiger partial charge is 0.469 e. The van der Waals surface area contributed by atoms with Crippen molar-refractivity contribution in [2.75, 3.05) is 38.8 Å². The van der Waals surface area contributed by atoms with Crippen LogP contribution in [0.4, 0.5) is 5.13 Å². The minimum absolute atomic E-state index is 0.219. The quantitative estimate of drug-likeness (QED) is 0.718. The summed E-state index contributed by atoms with van der Waals surface area (Å²) in [5, 5.41) is 2.78. The molecule has 0 amide bonds. The van der Waals surface area contributed by atoms with Crippen molar-refractivity contribution in [3.05, 3.63) is 9.98 Å². The number of thiazole rings is 1. The molecule has 0 N–H and O–H groups in total. The van der Waals surface area contributed by atoms with Gasteiger partial charge in [-0.05, 0) is 15.9 Å². The average molecular weight is 323 g/mol. The maximum Gasteiger partial charge on any atom is 0.307 e. The monoisotopic (exact) mass is 322 g/mol. The Bertz CT molecular complexity index is 359. The predicted octanol–water partition coefficient (Wildman–Crippen LogP) is 1.92. The molecule has 0 aliphatic carbocycles. The van der Waals surface area contributed by atoms with Crippen molar-refractivity contribution in [1.29, 1.82) is 0 Å². The number of nitrogens with zero attached hydrogens (tertiary/aromatic N) is 2. The fourth-order valence-electron chi connectivity index (χ4n) is 1.22. The molecule has 0 fully saturated rings. The van der Waals surface area contributed by atoms with E-state index in [1.54, 1.807) is 7.11 Å². The summed E-state index contributed by atoms with van der Waals surface area (Å²) >= 11 is 4.84. The molecule has 0 spiro atoms. The number of carbonyl (C=O) groups excluding carboxylic acids is 1. The first-order chi connectivity index (χ1) is 8.17. The van der Waals surface area contributed by atoms with Gasteiger partial charge in [0.05, 0.1) is 20.1 Å². The van der Waals surface area contributed by atoms with Gasteiger partial charge in [0, 0.05) is 25.6 Å². The first-order valence-corrected chi connectivity index (χ1v) is 6.76. The molecule has 0 aromatic carbocycles. The van der Waals surface area contributed by atoms with E-state index in [4.69, 9.17) is 4.74 Å². The number of hydrogen-bond acceptors (Lipinski definition) is 6. The molecule has 0 atom stereocenters. The van der Waals surface area contributed by atoms with Crippen LogP contribution >= 0.6 is 27.3 Å². The third kappa shape index (κ3) is 5.01. The van der Waals surface area contributed by atoms with Crippen molar-refractivity contribution in [2.24, 2.45) is 0 Å². The highest BCUT2D eigenvalue weighted by molar-refractivity contribution is 9.10. The van der Waals surface area contributed by atoms with Gasteiger partial charge < -0.3 is 14.4 Å². The third-order valence-electron chi connectivity index (χ3n) is 2.11. The van der Waals surface area contributed by atoms with Crippen LogP contribution in [-0.4, -0.2) is 44.9 Å². The minimum Gasteiger partial charge on any atom is -0.469 e. The van der Waals surface area contributed by atoms with Crippen molar-refractivity contribution in [1.82, 2.24) is 4.98 Å². The number of methoxy groups -OCH3 is 2. The van der Waals surface area contributed by atoms with Gasteiger partial charge in [0.15, 0.2) is 5.13 Å². The summed E-state index contributed by atoms with van der Waals surface area (Å²) < 4.78 is 10.5. The number of halogens is 1. The lowest BCUT2D eigenvalue weighted by molar-refractivity contribution is -0.140. The lowest BCUT2D eigenvalue weighted by Crippen LogP contribution is -2.29. The van der Waals surface area contributed by atoms with Crippen LogP contribution < -0.4 is 4.90 Å². The normalized spacial score (nSPS) is 10.3. The van der Waals surface area contributed by atoms with E-state index in [1.807, 2.05) is 10.3 Å². The molecule has 96 valence electrons. The van der Waals surface area contributed by atoms with E-state index < -0.39 is 0 Å². The number of hydrogen-bond donors (Lipinski definition) is 0. The summed E-state index contributed by atoms with van der Waals surface area (Å²) in [5.41, 5.74) is 0. The Morgan fingerprint density at radius 3 is 2.82 bits per heavy atom. The molecule has 0 saturated carbocycles. The van der Waals surface area contributed by atoms with Crippen LogP contribution in [0.15, 0.2) is 9.98 Å². The van der Waals surface area contributed by atoms with E-state index in [1.165, 1.54) is 18.4 Å². The SMILES string of the molecule is COCCN(CCC(=O)OC)c1nc(Br)cs1. The molecule has 0 aliphatic heterocycles. The molecule has 0 unspecified atom stereocenters. The molecule has 0 bridgehead atoms. The second kappa shape index (κ2) is 7.62. The highest BCUT2D eigenvalue weighted by atomic mass is 79.9. The number of ether oxygens (including phenoxy) is 2. The number of anilines is 1. The Morgan fingerprint density at radius 2 is 2.29 bits per heavy atom. The van der Waals surface area contributed by atoms with Gasteiger partial charge in [-0.25, -0.2) is 4.98 Å². The van der Waals surface area contributed by atoms with E-state index >= 15 is 0 Å². The smallest absolute Gasteiger partial charge is 0.307 e. The lowest BCUT2D eigenvalue weighted by Gasteiger charge is -2.20. The number of rotatable bonds is 7. The summed E-state index contributed by atoms with van der Waals surface area (Å²) in [4.78, 5) is 17.5. The van der Waals surface area contributed by atoms with Crippen LogP contribution in [0.3, 0.4) is 0 Å². The summed E-state index contributed by atoms with van der Waals surface area (Å²) in [7, 11) is 3.04. The van der Waals surface area contributed by atoms with Gasteiger partial charge in [-0.15, -0.1) is 11.3 Å². The number of carbonyl (C=O) groups is 1. The molecule has 17 heavy (non-hydrogen) atoms. The van der Waals surface area contributed by atoms with Gasteiger partial charge >= 0.3 is 5.97 Å². The van der Waals surface area contributed by atoms with Gasteiger partial charge in [-0.1, -0.05) is 0 Å². The highest BCUT2D eigenvalue weighted by Gasteiger charge is 2.12. The van der Waals surface area contributed by atoms with Crippen LogP contribution in [0.5, 0.6) is 0 Å². The summed E-state index contributed by atoms with van der Waals surface area (Å²) in [5.74, 6) is -0.219. The van der Waals surface area contributed by atoms with Crippen LogP contribution in [0, 0.1) is 0 Å². The zero-order chi connectivity index (χ0) is 12.7. The summed E-state index contributed by atoms with van der Waals surface area (Å²) in [6.07, 6.45) is 0.345. The summed E-state index contributed by atoms with van der Waals surface area (Å²) in [6, 6.07) is 0. The zero-order valence-corrected chi connectivity index (χ0v) is 12.2. The Hall–Kier alpha value is -0.660. The second-order valence-corrected chi connectivity index (χ2v) is 4.91. The van der Waals surface area contributed by atoms with Gasteiger partial charge in [0.25, 0.3) is 0 Å². The van der Waals surface area contributed by atoms with Crippen LogP contribution in [0.25, 0.3) is 0 Å². The Morgan fingerprint density at radius 1 is 1.53 bits per heavy atom. The number of esters is 1.